The molecule has 1 rings (SSSR count). The Morgan fingerprint density at radius 3 is 2.50 bits per heavy atom. The Morgan fingerprint density at radius 1 is 1.25 bits per heavy atom. The van der Waals surface area contributed by atoms with E-state index in [0.717, 1.165) is 31.6 Å². The molecule has 3 heteroatoms. The molecule has 0 aliphatic heterocycles. The third-order valence-corrected chi connectivity index (χ3v) is 3.60. The van der Waals surface area contributed by atoms with Gasteiger partial charge in [-0.3, -0.25) is 4.79 Å². The molecule has 0 aromatic carbocycles. The van der Waals surface area contributed by atoms with Gasteiger partial charge in [-0.2, -0.15) is 0 Å². The molecule has 0 radical (unpaired) electrons. The Bertz CT molecular complexity index is 198. The number of aliphatic hydroxyl groups is 1. The van der Waals surface area contributed by atoms with Crippen LogP contribution in [-0.4, -0.2) is 23.7 Å². The molecule has 1 aliphatic rings. The van der Waals surface area contributed by atoms with Gasteiger partial charge in [0.15, 0.2) is 0 Å². The number of nitrogens with one attached hydrogen (secondary N) is 1. The van der Waals surface area contributed by atoms with E-state index in [1.165, 1.54) is 19.3 Å². The summed E-state index contributed by atoms with van der Waals surface area (Å²) < 4.78 is 0. The average molecular weight is 227 g/mol. The van der Waals surface area contributed by atoms with Crippen LogP contribution in [0.2, 0.25) is 0 Å². The van der Waals surface area contributed by atoms with E-state index in [9.17, 15) is 4.79 Å². The van der Waals surface area contributed by atoms with Crippen molar-refractivity contribution in [2.75, 3.05) is 6.61 Å². The monoisotopic (exact) mass is 227 g/mol. The molecule has 0 bridgehead atoms. The van der Waals surface area contributed by atoms with Crippen molar-refractivity contribution in [2.24, 2.45) is 5.92 Å². The van der Waals surface area contributed by atoms with Crippen LogP contribution in [0.4, 0.5) is 0 Å². The molecule has 1 amide bonds. The van der Waals surface area contributed by atoms with Gasteiger partial charge in [0.2, 0.25) is 5.91 Å². The van der Waals surface area contributed by atoms with Crippen LogP contribution >= 0.6 is 0 Å². The van der Waals surface area contributed by atoms with E-state index in [4.69, 9.17) is 5.11 Å². The zero-order valence-corrected chi connectivity index (χ0v) is 10.4. The number of carbonyl (C=O) groups is 1. The second-order valence-electron chi connectivity index (χ2n) is 4.87. The van der Waals surface area contributed by atoms with Crippen molar-refractivity contribution in [1.29, 1.82) is 0 Å². The maximum absolute atomic E-state index is 11.5. The van der Waals surface area contributed by atoms with Crippen molar-refractivity contribution < 1.29 is 9.90 Å². The first-order valence-corrected chi connectivity index (χ1v) is 6.66. The van der Waals surface area contributed by atoms with Gasteiger partial charge in [0.05, 0.1) is 0 Å². The second kappa shape index (κ2) is 7.66. The molecule has 0 spiro atoms. The van der Waals surface area contributed by atoms with E-state index in [-0.39, 0.29) is 12.5 Å². The van der Waals surface area contributed by atoms with E-state index in [1.807, 2.05) is 0 Å². The highest BCUT2D eigenvalue weighted by atomic mass is 16.2. The molecule has 2 N–H and O–H groups in total. The van der Waals surface area contributed by atoms with E-state index in [2.05, 4.69) is 12.2 Å². The molecule has 1 saturated carbocycles. The minimum absolute atomic E-state index is 0.161. The summed E-state index contributed by atoms with van der Waals surface area (Å²) in [5.41, 5.74) is 0. The van der Waals surface area contributed by atoms with Crippen LogP contribution < -0.4 is 5.32 Å². The lowest BCUT2D eigenvalue weighted by molar-refractivity contribution is -0.122. The summed E-state index contributed by atoms with van der Waals surface area (Å²) in [6.07, 6.45) is 8.18. The smallest absolute Gasteiger partial charge is 0.220 e. The van der Waals surface area contributed by atoms with Crippen molar-refractivity contribution in [2.45, 2.75) is 64.3 Å². The number of rotatable bonds is 6. The summed E-state index contributed by atoms with van der Waals surface area (Å²) in [6.45, 7) is 2.44. The summed E-state index contributed by atoms with van der Waals surface area (Å²) in [5, 5.41) is 11.7. The molecule has 0 saturated heterocycles. The van der Waals surface area contributed by atoms with Gasteiger partial charge in [-0.15, -0.1) is 0 Å². The zero-order valence-electron chi connectivity index (χ0n) is 10.4. The number of aliphatic hydroxyl groups excluding tert-OH is 1. The molecular formula is C13H25NO2. The Balaban J connectivity index is 2.10. The molecule has 1 fully saturated rings. The third kappa shape index (κ3) is 4.97. The first-order chi connectivity index (χ1) is 7.76. The lowest BCUT2D eigenvalue weighted by Crippen LogP contribution is -2.37. The molecule has 94 valence electrons. The summed E-state index contributed by atoms with van der Waals surface area (Å²) in [4.78, 5) is 11.5. The van der Waals surface area contributed by atoms with Crippen molar-refractivity contribution in [3.05, 3.63) is 0 Å². The predicted octanol–water partition coefficient (Wildman–Crippen LogP) is 2.23. The fourth-order valence-corrected chi connectivity index (χ4v) is 2.41. The Morgan fingerprint density at radius 2 is 1.94 bits per heavy atom. The quantitative estimate of drug-likeness (QED) is 0.684. The molecule has 0 atom stereocenters. The first kappa shape index (κ1) is 13.5. The zero-order chi connectivity index (χ0) is 11.8. The van der Waals surface area contributed by atoms with Gasteiger partial charge in [-0.05, 0) is 44.4 Å². The second-order valence-corrected chi connectivity index (χ2v) is 4.87. The van der Waals surface area contributed by atoms with Gasteiger partial charge >= 0.3 is 0 Å². The standard InChI is InChI=1S/C13H25NO2/c1-2-11-6-8-12(9-7-11)14-13(16)5-3-4-10-15/h11-12,15H,2-10H2,1H3,(H,14,16). The molecule has 1 aliphatic carbocycles. The van der Waals surface area contributed by atoms with Gasteiger partial charge in [0.1, 0.15) is 0 Å². The normalized spacial score (nSPS) is 25.4. The molecule has 16 heavy (non-hydrogen) atoms. The molecule has 0 heterocycles. The number of unbranched alkanes of at least 4 members (excludes halogenated alkanes) is 1. The summed E-state index contributed by atoms with van der Waals surface area (Å²) >= 11 is 0. The van der Waals surface area contributed by atoms with Crippen LogP contribution in [0.25, 0.3) is 0 Å². The Kier molecular flexibility index (Phi) is 6.46. The van der Waals surface area contributed by atoms with E-state index >= 15 is 0 Å². The van der Waals surface area contributed by atoms with E-state index < -0.39 is 0 Å². The minimum atomic E-state index is 0.161. The first-order valence-electron chi connectivity index (χ1n) is 6.66. The van der Waals surface area contributed by atoms with Crippen LogP contribution in [0.5, 0.6) is 0 Å². The maximum atomic E-state index is 11.5. The van der Waals surface area contributed by atoms with Gasteiger partial charge in [0.25, 0.3) is 0 Å². The molecule has 3 nitrogen and oxygen atoms in total. The van der Waals surface area contributed by atoms with Crippen molar-refractivity contribution in [3.8, 4) is 0 Å². The minimum Gasteiger partial charge on any atom is -0.396 e. The number of hydrogen-bond donors (Lipinski definition) is 2. The number of carbonyl (C=O) groups excluding carboxylic acids is 1. The SMILES string of the molecule is CCC1CCC(NC(=O)CCCCO)CC1. The van der Waals surface area contributed by atoms with Crippen LogP contribution in [0, 0.1) is 5.92 Å². The van der Waals surface area contributed by atoms with Gasteiger partial charge in [0, 0.05) is 19.1 Å². The highest BCUT2D eigenvalue weighted by Gasteiger charge is 2.20. The number of hydrogen-bond acceptors (Lipinski definition) is 2. The maximum Gasteiger partial charge on any atom is 0.220 e. The summed E-state index contributed by atoms with van der Waals surface area (Å²) in [5.74, 6) is 1.04. The number of amides is 1. The van der Waals surface area contributed by atoms with E-state index in [0.29, 0.717) is 12.5 Å². The van der Waals surface area contributed by atoms with Gasteiger partial charge in [-0.1, -0.05) is 13.3 Å². The molecular weight excluding hydrogens is 202 g/mol. The largest absolute Gasteiger partial charge is 0.396 e. The van der Waals surface area contributed by atoms with Crippen molar-refractivity contribution >= 4 is 5.91 Å². The Labute approximate surface area is 98.6 Å². The molecule has 0 aromatic heterocycles. The predicted molar refractivity (Wildman–Crippen MR) is 65.1 cm³/mol. The average Bonchev–Trinajstić information content (AvgIpc) is 2.30. The van der Waals surface area contributed by atoms with Crippen molar-refractivity contribution in [3.63, 3.8) is 0 Å². The van der Waals surface area contributed by atoms with Crippen LogP contribution in [-0.2, 0) is 4.79 Å². The van der Waals surface area contributed by atoms with Gasteiger partial charge < -0.3 is 10.4 Å². The Hall–Kier alpha value is -0.570. The third-order valence-electron chi connectivity index (χ3n) is 3.60. The van der Waals surface area contributed by atoms with Crippen LogP contribution in [0.15, 0.2) is 0 Å². The summed E-state index contributed by atoms with van der Waals surface area (Å²) in [7, 11) is 0. The fourth-order valence-electron chi connectivity index (χ4n) is 2.41. The highest BCUT2D eigenvalue weighted by molar-refractivity contribution is 5.76. The van der Waals surface area contributed by atoms with Gasteiger partial charge in [-0.25, -0.2) is 0 Å². The van der Waals surface area contributed by atoms with E-state index in [1.54, 1.807) is 0 Å². The van der Waals surface area contributed by atoms with Crippen LogP contribution in [0.3, 0.4) is 0 Å². The lowest BCUT2D eigenvalue weighted by atomic mass is 9.84. The van der Waals surface area contributed by atoms with Crippen molar-refractivity contribution in [1.82, 2.24) is 5.32 Å². The summed E-state index contributed by atoms with van der Waals surface area (Å²) in [6, 6.07) is 0.407. The lowest BCUT2D eigenvalue weighted by Gasteiger charge is -2.28. The topological polar surface area (TPSA) is 49.3 Å². The highest BCUT2D eigenvalue weighted by Crippen LogP contribution is 2.26. The fraction of sp³-hybridized carbons (Fsp3) is 0.923. The van der Waals surface area contributed by atoms with Crippen LogP contribution in [0.1, 0.15) is 58.3 Å². The molecule has 0 unspecified atom stereocenters. The molecule has 0 aromatic rings.